The van der Waals surface area contributed by atoms with E-state index in [1.165, 1.54) is 44.1 Å². The van der Waals surface area contributed by atoms with Gasteiger partial charge in [-0.25, -0.2) is 0 Å². The van der Waals surface area contributed by atoms with E-state index in [-0.39, 0.29) is 11.3 Å². The Kier molecular flexibility index (Phi) is 3.41. The molecular formula is C19H24BrNO. The summed E-state index contributed by atoms with van der Waals surface area (Å²) in [5.41, 5.74) is 2.40. The molecule has 4 bridgehead atoms. The highest BCUT2D eigenvalue weighted by Crippen LogP contribution is 2.65. The lowest BCUT2D eigenvalue weighted by Crippen LogP contribution is -2.53. The predicted molar refractivity (Wildman–Crippen MR) is 93.2 cm³/mol. The van der Waals surface area contributed by atoms with Crippen LogP contribution in [0, 0.1) is 24.2 Å². The van der Waals surface area contributed by atoms with E-state index in [0.717, 1.165) is 17.5 Å². The minimum Gasteiger partial charge on any atom is -0.326 e. The van der Waals surface area contributed by atoms with Crippen LogP contribution in [0.3, 0.4) is 0 Å². The number of alkyl halides is 1. The monoisotopic (exact) mass is 361 g/mol. The van der Waals surface area contributed by atoms with Crippen LogP contribution in [0.4, 0.5) is 5.69 Å². The molecule has 4 saturated carbocycles. The van der Waals surface area contributed by atoms with Crippen LogP contribution in [-0.2, 0) is 4.79 Å². The van der Waals surface area contributed by atoms with Gasteiger partial charge in [-0.05, 0) is 74.8 Å². The molecule has 3 heteroatoms. The van der Waals surface area contributed by atoms with Gasteiger partial charge < -0.3 is 5.32 Å². The molecule has 4 fully saturated rings. The summed E-state index contributed by atoms with van der Waals surface area (Å²) in [7, 11) is 0. The number of amides is 1. The van der Waals surface area contributed by atoms with Crippen molar-refractivity contribution in [3.63, 3.8) is 0 Å². The van der Waals surface area contributed by atoms with Gasteiger partial charge in [0, 0.05) is 16.4 Å². The smallest absolute Gasteiger partial charge is 0.224 e. The third kappa shape index (κ3) is 2.73. The number of halogens is 1. The first-order valence-corrected chi connectivity index (χ1v) is 9.29. The summed E-state index contributed by atoms with van der Waals surface area (Å²) in [5, 5.41) is 3.10. The Bertz CT molecular complexity index is 580. The molecule has 0 saturated heterocycles. The SMILES string of the molecule is Cc1ccc(NC(=O)CC23CC4CC(CC(Br)(C4)C2)C3)cc1. The van der Waals surface area contributed by atoms with Crippen LogP contribution in [0.1, 0.15) is 50.5 Å². The molecule has 0 radical (unpaired) electrons. The molecule has 0 heterocycles. The van der Waals surface area contributed by atoms with Crippen molar-refractivity contribution in [2.75, 3.05) is 5.32 Å². The maximum atomic E-state index is 12.6. The molecule has 1 aromatic rings. The second kappa shape index (κ2) is 5.09. The Morgan fingerprint density at radius 2 is 1.82 bits per heavy atom. The van der Waals surface area contributed by atoms with Crippen LogP contribution >= 0.6 is 15.9 Å². The van der Waals surface area contributed by atoms with Gasteiger partial charge in [0.05, 0.1) is 0 Å². The van der Waals surface area contributed by atoms with Crippen molar-refractivity contribution in [3.8, 4) is 0 Å². The van der Waals surface area contributed by atoms with Gasteiger partial charge in [0.25, 0.3) is 0 Å². The zero-order chi connectivity index (χ0) is 15.4. The largest absolute Gasteiger partial charge is 0.326 e. The summed E-state index contributed by atoms with van der Waals surface area (Å²) >= 11 is 4.03. The van der Waals surface area contributed by atoms with E-state index in [9.17, 15) is 4.79 Å². The molecule has 2 nitrogen and oxygen atoms in total. The average molecular weight is 362 g/mol. The summed E-state index contributed by atoms with van der Waals surface area (Å²) in [6.45, 7) is 2.07. The van der Waals surface area contributed by atoms with Gasteiger partial charge in [0.2, 0.25) is 5.91 Å². The fourth-order valence-electron chi connectivity index (χ4n) is 5.73. The van der Waals surface area contributed by atoms with Crippen molar-refractivity contribution in [3.05, 3.63) is 29.8 Å². The van der Waals surface area contributed by atoms with Crippen molar-refractivity contribution in [2.45, 2.75) is 56.2 Å². The summed E-state index contributed by atoms with van der Waals surface area (Å²) in [4.78, 5) is 12.6. The Balaban J connectivity index is 1.46. The summed E-state index contributed by atoms with van der Waals surface area (Å²) < 4.78 is 0.335. The van der Waals surface area contributed by atoms with Crippen LogP contribution in [-0.4, -0.2) is 10.2 Å². The van der Waals surface area contributed by atoms with Crippen molar-refractivity contribution in [2.24, 2.45) is 17.3 Å². The van der Waals surface area contributed by atoms with Crippen LogP contribution in [0.5, 0.6) is 0 Å². The maximum Gasteiger partial charge on any atom is 0.224 e. The van der Waals surface area contributed by atoms with Crippen molar-refractivity contribution in [1.82, 2.24) is 0 Å². The molecule has 1 amide bonds. The first kappa shape index (κ1) is 14.7. The second-order valence-electron chi connectivity index (χ2n) is 8.20. The standard InChI is InChI=1S/C19H24BrNO/c1-13-2-4-16(5-3-13)21-17(22)11-18-7-14-6-15(8-18)10-19(20,9-14)12-18/h2-5,14-15H,6-12H2,1H3,(H,21,22). The van der Waals surface area contributed by atoms with Crippen LogP contribution in [0.2, 0.25) is 0 Å². The quantitative estimate of drug-likeness (QED) is 0.749. The lowest BCUT2D eigenvalue weighted by Gasteiger charge is -2.60. The van der Waals surface area contributed by atoms with E-state index in [2.05, 4.69) is 28.2 Å². The zero-order valence-corrected chi connectivity index (χ0v) is 14.8. The van der Waals surface area contributed by atoms with Gasteiger partial charge in [-0.1, -0.05) is 33.6 Å². The number of aryl methyl sites for hydroxylation is 1. The number of rotatable bonds is 3. The molecule has 1 N–H and O–H groups in total. The van der Waals surface area contributed by atoms with Gasteiger partial charge >= 0.3 is 0 Å². The lowest BCUT2D eigenvalue weighted by molar-refractivity contribution is -0.123. The Morgan fingerprint density at radius 1 is 1.18 bits per heavy atom. The highest BCUT2D eigenvalue weighted by atomic mass is 79.9. The number of hydrogen-bond acceptors (Lipinski definition) is 1. The van der Waals surface area contributed by atoms with Crippen molar-refractivity contribution in [1.29, 1.82) is 0 Å². The van der Waals surface area contributed by atoms with Crippen molar-refractivity contribution < 1.29 is 4.79 Å². The van der Waals surface area contributed by atoms with Gasteiger partial charge in [0.1, 0.15) is 0 Å². The number of nitrogens with one attached hydrogen (secondary N) is 1. The highest BCUT2D eigenvalue weighted by Gasteiger charge is 2.57. The molecular weight excluding hydrogens is 338 g/mol. The van der Waals surface area contributed by atoms with Gasteiger partial charge in [-0.3, -0.25) is 4.79 Å². The first-order chi connectivity index (χ1) is 10.4. The summed E-state index contributed by atoms with van der Waals surface area (Å²) in [6.07, 6.45) is 8.45. The van der Waals surface area contributed by atoms with E-state index in [4.69, 9.17) is 0 Å². The number of carbonyl (C=O) groups is 1. The number of benzene rings is 1. The molecule has 0 aromatic heterocycles. The van der Waals surface area contributed by atoms with Crippen LogP contribution in [0.25, 0.3) is 0 Å². The van der Waals surface area contributed by atoms with E-state index in [1.54, 1.807) is 0 Å². The molecule has 5 rings (SSSR count). The minimum absolute atomic E-state index is 0.196. The molecule has 2 atom stereocenters. The average Bonchev–Trinajstić information content (AvgIpc) is 2.37. The second-order valence-corrected chi connectivity index (χ2v) is 9.89. The van der Waals surface area contributed by atoms with E-state index < -0.39 is 0 Å². The molecule has 22 heavy (non-hydrogen) atoms. The van der Waals surface area contributed by atoms with E-state index in [0.29, 0.717) is 10.7 Å². The van der Waals surface area contributed by atoms with Crippen molar-refractivity contribution >= 4 is 27.5 Å². The molecule has 0 aliphatic heterocycles. The molecule has 2 unspecified atom stereocenters. The molecule has 4 aliphatic rings. The summed E-state index contributed by atoms with van der Waals surface area (Å²) in [6, 6.07) is 8.10. The number of anilines is 1. The Labute approximate surface area is 141 Å². The van der Waals surface area contributed by atoms with Gasteiger partial charge in [0.15, 0.2) is 0 Å². The molecule has 4 aliphatic carbocycles. The van der Waals surface area contributed by atoms with Gasteiger partial charge in [-0.2, -0.15) is 0 Å². The fourth-order valence-corrected chi connectivity index (χ4v) is 7.24. The van der Waals surface area contributed by atoms with Crippen LogP contribution in [0.15, 0.2) is 24.3 Å². The predicted octanol–water partition coefficient (Wildman–Crippen LogP) is 5.06. The van der Waals surface area contributed by atoms with Gasteiger partial charge in [-0.15, -0.1) is 0 Å². The normalized spacial score (nSPS) is 39.0. The Hall–Kier alpha value is -0.830. The third-order valence-electron chi connectivity index (χ3n) is 5.98. The number of carbonyl (C=O) groups excluding carboxylic acids is 1. The molecule has 1 aromatic carbocycles. The molecule has 118 valence electrons. The maximum absolute atomic E-state index is 12.6. The third-order valence-corrected chi connectivity index (χ3v) is 6.91. The van der Waals surface area contributed by atoms with Crippen LogP contribution < -0.4 is 5.32 Å². The van der Waals surface area contributed by atoms with E-state index in [1.807, 2.05) is 24.3 Å². The number of hydrogen-bond donors (Lipinski definition) is 1. The fraction of sp³-hybridized carbons (Fsp3) is 0.632. The minimum atomic E-state index is 0.196. The lowest BCUT2D eigenvalue weighted by atomic mass is 9.48. The Morgan fingerprint density at radius 3 is 2.41 bits per heavy atom. The highest BCUT2D eigenvalue weighted by molar-refractivity contribution is 9.10. The van der Waals surface area contributed by atoms with E-state index >= 15 is 0 Å². The topological polar surface area (TPSA) is 29.1 Å². The molecule has 0 spiro atoms. The summed E-state index contributed by atoms with van der Waals surface area (Å²) in [5.74, 6) is 1.88. The first-order valence-electron chi connectivity index (χ1n) is 8.49. The zero-order valence-electron chi connectivity index (χ0n) is 13.2.